The number of fused-ring (bicyclic) bond motifs is 3. The molecule has 8 rings (SSSR count). The number of benzene rings is 1. The summed E-state index contributed by atoms with van der Waals surface area (Å²) in [6, 6.07) is 7.40. The number of rotatable bonds is 11. The number of nitrogen functional groups attached to an aromatic ring is 2. The van der Waals surface area contributed by atoms with Gasteiger partial charge in [0, 0.05) is 37.3 Å². The van der Waals surface area contributed by atoms with Crippen molar-refractivity contribution in [3.63, 3.8) is 0 Å². The molecule has 1 saturated heterocycles. The van der Waals surface area contributed by atoms with Crippen LogP contribution in [0.25, 0.3) is 22.3 Å². The lowest BCUT2D eigenvalue weighted by atomic mass is 9.87. The van der Waals surface area contributed by atoms with E-state index in [0.29, 0.717) is 47.7 Å². The third-order valence-electron chi connectivity index (χ3n) is 11.7. The van der Waals surface area contributed by atoms with Crippen LogP contribution in [0, 0.1) is 5.92 Å². The topological polar surface area (TPSA) is 263 Å². The summed E-state index contributed by atoms with van der Waals surface area (Å²) in [5, 5.41) is 37.2. The van der Waals surface area contributed by atoms with Gasteiger partial charge in [0.05, 0.1) is 37.4 Å². The van der Waals surface area contributed by atoms with Crippen LogP contribution >= 0.6 is 0 Å². The minimum atomic E-state index is -0.944. The Labute approximate surface area is 354 Å². The van der Waals surface area contributed by atoms with E-state index in [1.165, 1.54) is 18.2 Å². The van der Waals surface area contributed by atoms with Crippen LogP contribution in [0.1, 0.15) is 79.0 Å². The first-order chi connectivity index (χ1) is 29.0. The maximum absolute atomic E-state index is 12.4. The van der Waals surface area contributed by atoms with E-state index in [2.05, 4.69) is 80.1 Å². The van der Waals surface area contributed by atoms with Crippen LogP contribution in [-0.4, -0.2) is 128 Å². The molecule has 328 valence electrons. The van der Waals surface area contributed by atoms with Gasteiger partial charge in [0.1, 0.15) is 42.0 Å². The van der Waals surface area contributed by atoms with Crippen LogP contribution in [0.5, 0.6) is 0 Å². The van der Waals surface area contributed by atoms with Crippen molar-refractivity contribution in [3.8, 4) is 0 Å². The van der Waals surface area contributed by atoms with E-state index in [4.69, 9.17) is 20.9 Å². The number of nitrogens with zero attached hydrogens (tertiary/aromatic N) is 9. The quantitative estimate of drug-likeness (QED) is 0.0743. The Bertz CT molecular complexity index is 2340. The largest absolute Gasteiger partial charge is 0.392 e. The van der Waals surface area contributed by atoms with Crippen molar-refractivity contribution in [2.45, 2.75) is 115 Å². The number of aliphatic hydroxyl groups is 3. The fourth-order valence-electron chi connectivity index (χ4n) is 8.45. The molecule has 61 heavy (non-hydrogen) atoms. The molecule has 0 radical (unpaired) electrons. The number of carbonyl (C=O) groups excluding carboxylic acids is 1. The molecule has 9 N–H and O–H groups in total. The minimum absolute atomic E-state index is 0.0634. The van der Waals surface area contributed by atoms with Crippen molar-refractivity contribution in [1.82, 2.24) is 49.3 Å². The molecular weight excluding hydrogens is 783 g/mol. The maximum atomic E-state index is 12.4. The number of nitrogens with two attached hydrogens (primary N) is 2. The fraction of sp³-hybridized carbons (Fsp3) is 0.548. The maximum Gasteiger partial charge on any atom is 0.319 e. The van der Waals surface area contributed by atoms with Gasteiger partial charge in [0.25, 0.3) is 0 Å². The summed E-state index contributed by atoms with van der Waals surface area (Å²) in [6.45, 7) is 16.3. The fourth-order valence-corrected chi connectivity index (χ4v) is 8.45. The van der Waals surface area contributed by atoms with Gasteiger partial charge < -0.3 is 60.9 Å². The van der Waals surface area contributed by atoms with Crippen molar-refractivity contribution < 1.29 is 29.6 Å². The van der Waals surface area contributed by atoms with Gasteiger partial charge in [0.15, 0.2) is 28.7 Å². The van der Waals surface area contributed by atoms with Gasteiger partial charge in [-0.25, -0.2) is 34.7 Å². The molecule has 1 aromatic carbocycles. The number of aliphatic hydroxyl groups excluding tert-OH is 3. The standard InChI is InChI=1S/C28H42N8O3.C14H17N5O3/c1-17(2)35(12-6-11-30-27(39)34-20-9-7-19(8-10-20)28(3,4)5)14-18-13-21(24(38)23(18)37)36-16-33-22-25(29)31-15-32-26(22)36;1-14(2)21-10-7(4-20)3-8(11(10)22-14)19-6-18-9-12(15)16-5-17-13(9)19/h7-10,15-18,21,23-24,37-38H,6,11-14H2,1-5H3,(H2,29,31,32)(H2,30,34,39);3,5-6,8,10-11,20H,4H2,1-2H3,(H2,15,16,17)/t18-,21+,23+,24-;8-,10-,11+/m01/s1. The minimum Gasteiger partial charge on any atom is -0.392 e. The van der Waals surface area contributed by atoms with Gasteiger partial charge in [-0.3, -0.25) is 0 Å². The van der Waals surface area contributed by atoms with Crippen LogP contribution < -0.4 is 22.1 Å². The highest BCUT2D eigenvalue weighted by Gasteiger charge is 2.51. The Morgan fingerprint density at radius 2 is 1.56 bits per heavy atom. The zero-order valence-electron chi connectivity index (χ0n) is 35.8. The molecule has 19 nitrogen and oxygen atoms in total. The SMILES string of the molecule is CC(C)N(CCCNC(=O)Nc1ccc(C(C)(C)C)cc1)C[C@@H]1C[C@@H](n2cnc3c(N)ncnc32)[C@H](O)[C@@H]1O.CC1(C)O[C@@H]2[C@H](O1)C(CO)=C[C@H]2n1cnc2c(N)ncnc21. The number of ether oxygens (including phenoxy) is 2. The van der Waals surface area contributed by atoms with Gasteiger partial charge >= 0.3 is 6.03 Å². The summed E-state index contributed by atoms with van der Waals surface area (Å²) in [5.74, 6) is -0.188. The Morgan fingerprint density at radius 3 is 2.16 bits per heavy atom. The number of hydrogen-bond acceptors (Lipinski definition) is 15. The van der Waals surface area contributed by atoms with E-state index in [0.717, 1.165) is 24.2 Å². The highest BCUT2D eigenvalue weighted by atomic mass is 16.8. The Hall–Kier alpha value is -5.31. The van der Waals surface area contributed by atoms with E-state index in [1.807, 2.05) is 48.8 Å². The van der Waals surface area contributed by atoms with E-state index in [1.54, 1.807) is 17.2 Å². The normalized spacial score (nSPS) is 24.6. The molecule has 19 heteroatoms. The lowest BCUT2D eigenvalue weighted by Gasteiger charge is -2.30. The molecule has 0 bridgehead atoms. The Morgan fingerprint density at radius 1 is 0.934 bits per heavy atom. The van der Waals surface area contributed by atoms with Gasteiger partial charge in [-0.2, -0.15) is 0 Å². The number of imidazole rings is 2. The third-order valence-corrected chi connectivity index (χ3v) is 11.7. The number of anilines is 3. The molecule has 5 heterocycles. The molecule has 0 unspecified atom stereocenters. The van der Waals surface area contributed by atoms with E-state index in [-0.39, 0.29) is 60.1 Å². The van der Waals surface area contributed by atoms with Crippen LogP contribution in [-0.2, 0) is 14.9 Å². The zero-order chi connectivity index (χ0) is 43.8. The molecule has 7 atom stereocenters. The first-order valence-electron chi connectivity index (χ1n) is 20.7. The molecule has 1 aliphatic heterocycles. The molecule has 5 aromatic rings. The van der Waals surface area contributed by atoms with Gasteiger partial charge in [-0.1, -0.05) is 39.0 Å². The first-order valence-corrected chi connectivity index (χ1v) is 20.7. The van der Waals surface area contributed by atoms with Crippen LogP contribution in [0.3, 0.4) is 0 Å². The molecule has 0 spiro atoms. The second-order valence-electron chi connectivity index (χ2n) is 17.8. The lowest BCUT2D eigenvalue weighted by Crippen LogP contribution is -2.41. The summed E-state index contributed by atoms with van der Waals surface area (Å²) in [4.78, 5) is 39.7. The molecule has 3 aliphatic rings. The van der Waals surface area contributed by atoms with Crippen LogP contribution in [0.4, 0.5) is 22.1 Å². The number of carbonyl (C=O) groups is 1. The smallest absolute Gasteiger partial charge is 0.319 e. The lowest BCUT2D eigenvalue weighted by molar-refractivity contribution is -0.148. The summed E-state index contributed by atoms with van der Waals surface area (Å²) >= 11 is 0. The summed E-state index contributed by atoms with van der Waals surface area (Å²) in [6.07, 6.45) is 7.04. The van der Waals surface area contributed by atoms with Crippen molar-refractivity contribution in [2.24, 2.45) is 5.92 Å². The van der Waals surface area contributed by atoms with Crippen LogP contribution in [0.2, 0.25) is 0 Å². The number of aromatic nitrogens is 8. The van der Waals surface area contributed by atoms with Gasteiger partial charge in [-0.15, -0.1) is 0 Å². The monoisotopic (exact) mass is 841 g/mol. The predicted molar refractivity (Wildman–Crippen MR) is 230 cm³/mol. The van der Waals surface area contributed by atoms with E-state index >= 15 is 0 Å². The molecule has 4 aromatic heterocycles. The first kappa shape index (κ1) is 43.8. The van der Waals surface area contributed by atoms with Crippen molar-refractivity contribution in [3.05, 3.63) is 66.8 Å². The summed E-state index contributed by atoms with van der Waals surface area (Å²) < 4.78 is 15.6. The van der Waals surface area contributed by atoms with E-state index < -0.39 is 18.0 Å². The van der Waals surface area contributed by atoms with Crippen LogP contribution in [0.15, 0.2) is 61.2 Å². The number of urea groups is 1. The predicted octanol–water partition coefficient (Wildman–Crippen LogP) is 3.31. The molecule has 1 saturated carbocycles. The Balaban J connectivity index is 0.000000214. The molecule has 2 aliphatic carbocycles. The van der Waals surface area contributed by atoms with Gasteiger partial charge in [0.2, 0.25) is 0 Å². The highest BCUT2D eigenvalue weighted by molar-refractivity contribution is 5.89. The molecule has 2 amide bonds. The number of nitrogens with one attached hydrogen (secondary N) is 2. The second kappa shape index (κ2) is 17.6. The molecular formula is C42H59N13O6. The van der Waals surface area contributed by atoms with E-state index in [9.17, 15) is 20.1 Å². The zero-order valence-corrected chi connectivity index (χ0v) is 35.8. The van der Waals surface area contributed by atoms with Gasteiger partial charge in [-0.05, 0) is 69.2 Å². The summed E-state index contributed by atoms with van der Waals surface area (Å²) in [7, 11) is 0. The molecule has 2 fully saturated rings. The van der Waals surface area contributed by atoms with Crippen molar-refractivity contribution in [1.29, 1.82) is 0 Å². The van der Waals surface area contributed by atoms with Crippen molar-refractivity contribution >= 4 is 45.7 Å². The Kier molecular flexibility index (Phi) is 12.6. The highest BCUT2D eigenvalue weighted by Crippen LogP contribution is 2.44. The number of hydrogen-bond donors (Lipinski definition) is 7. The number of amides is 2. The van der Waals surface area contributed by atoms with Crippen molar-refractivity contribution in [2.75, 3.05) is 43.0 Å². The average molecular weight is 842 g/mol. The summed E-state index contributed by atoms with van der Waals surface area (Å²) in [5.41, 5.74) is 16.8. The average Bonchev–Trinajstić information content (AvgIpc) is 4.02. The second-order valence-corrected chi connectivity index (χ2v) is 17.8. The third kappa shape index (κ3) is 9.31.